The van der Waals surface area contributed by atoms with Crippen molar-refractivity contribution in [2.45, 2.75) is 31.5 Å². The van der Waals surface area contributed by atoms with Gasteiger partial charge in [-0.1, -0.05) is 28.9 Å². The molecule has 27 heavy (non-hydrogen) atoms. The fraction of sp³-hybridized carbons (Fsp3) is 0.316. The maximum atomic E-state index is 13.2. The third kappa shape index (κ3) is 4.16. The topological polar surface area (TPSA) is 75.3 Å². The third-order valence-electron chi connectivity index (χ3n) is 4.61. The van der Waals surface area contributed by atoms with Gasteiger partial charge in [0.25, 0.3) is 0 Å². The smallest absolute Gasteiger partial charge is 0.244 e. The molecule has 2 unspecified atom stereocenters. The zero-order chi connectivity index (χ0) is 18.8. The van der Waals surface area contributed by atoms with E-state index in [4.69, 9.17) is 16.1 Å². The number of hydrogen-bond acceptors (Lipinski definition) is 6. The average Bonchev–Trinajstić information content (AvgIpc) is 3.25. The summed E-state index contributed by atoms with van der Waals surface area (Å²) in [4.78, 5) is 10.9. The van der Waals surface area contributed by atoms with Crippen LogP contribution in [0.25, 0.3) is 0 Å². The lowest BCUT2D eigenvalue weighted by molar-refractivity contribution is 0.168. The molecule has 4 rings (SSSR count). The molecular formula is C19H18ClFN4O2. The van der Waals surface area contributed by atoms with Gasteiger partial charge in [0.15, 0.2) is 5.82 Å². The number of likely N-dealkylation sites (tertiary alicyclic amines) is 1. The molecular weight excluding hydrogens is 371 g/mol. The van der Waals surface area contributed by atoms with Crippen molar-refractivity contribution in [1.82, 2.24) is 20.0 Å². The van der Waals surface area contributed by atoms with Gasteiger partial charge in [-0.05, 0) is 36.2 Å². The molecule has 0 amide bonds. The molecule has 3 aromatic rings. The van der Waals surface area contributed by atoms with Crippen LogP contribution in [0.15, 0.2) is 47.1 Å². The number of aliphatic hydroxyl groups excluding tert-OH is 1. The van der Waals surface area contributed by atoms with E-state index in [0.29, 0.717) is 42.7 Å². The molecule has 1 N–H and O–H groups in total. The van der Waals surface area contributed by atoms with Crippen LogP contribution in [0.1, 0.15) is 35.4 Å². The Kier molecular flexibility index (Phi) is 5.15. The first-order valence-electron chi connectivity index (χ1n) is 8.67. The van der Waals surface area contributed by atoms with Gasteiger partial charge in [-0.25, -0.2) is 4.39 Å². The van der Waals surface area contributed by atoms with Crippen LogP contribution in [-0.4, -0.2) is 37.8 Å². The van der Waals surface area contributed by atoms with Gasteiger partial charge in [0.1, 0.15) is 5.82 Å². The minimum atomic E-state index is -0.458. The number of pyridine rings is 1. The molecule has 0 radical (unpaired) electrons. The molecule has 1 aliphatic heterocycles. The quantitative estimate of drug-likeness (QED) is 0.723. The highest BCUT2D eigenvalue weighted by atomic mass is 35.5. The van der Waals surface area contributed by atoms with Crippen molar-refractivity contribution in [2.75, 3.05) is 6.54 Å². The van der Waals surface area contributed by atoms with Crippen LogP contribution in [0.2, 0.25) is 5.02 Å². The van der Waals surface area contributed by atoms with Crippen molar-refractivity contribution in [3.63, 3.8) is 0 Å². The molecule has 1 aliphatic rings. The first-order chi connectivity index (χ1) is 13.1. The van der Waals surface area contributed by atoms with E-state index >= 15 is 0 Å². The van der Waals surface area contributed by atoms with Gasteiger partial charge in [0, 0.05) is 30.7 Å². The van der Waals surface area contributed by atoms with Crippen LogP contribution < -0.4 is 0 Å². The summed E-state index contributed by atoms with van der Waals surface area (Å²) in [6.07, 6.45) is 2.15. The summed E-state index contributed by atoms with van der Waals surface area (Å²) >= 11 is 6.07. The second kappa shape index (κ2) is 7.72. The van der Waals surface area contributed by atoms with Crippen molar-refractivity contribution < 1.29 is 14.0 Å². The van der Waals surface area contributed by atoms with Crippen LogP contribution in [0, 0.1) is 5.82 Å². The number of benzene rings is 1. The molecule has 0 saturated carbocycles. The molecule has 0 bridgehead atoms. The fourth-order valence-electron chi connectivity index (χ4n) is 3.32. The highest BCUT2D eigenvalue weighted by Crippen LogP contribution is 2.32. The number of aliphatic hydroxyl groups is 1. The molecule has 140 valence electrons. The largest absolute Gasteiger partial charge is 0.392 e. The van der Waals surface area contributed by atoms with Crippen molar-refractivity contribution in [3.8, 4) is 0 Å². The Bertz CT molecular complexity index is 921. The van der Waals surface area contributed by atoms with E-state index < -0.39 is 6.10 Å². The van der Waals surface area contributed by atoms with Gasteiger partial charge in [-0.2, -0.15) is 4.98 Å². The van der Waals surface area contributed by atoms with Crippen molar-refractivity contribution >= 4 is 11.6 Å². The molecule has 2 atom stereocenters. The van der Waals surface area contributed by atoms with Crippen LogP contribution in [-0.2, 0) is 13.0 Å². The lowest BCUT2D eigenvalue weighted by Gasteiger charge is -2.20. The SMILES string of the molecule is OC1CC(c2nc(Cc3ccc(F)cc3Cl)no2)N(Cc2ccccn2)C1. The maximum absolute atomic E-state index is 13.2. The highest BCUT2D eigenvalue weighted by molar-refractivity contribution is 6.31. The molecule has 1 fully saturated rings. The summed E-state index contributed by atoms with van der Waals surface area (Å²) in [5.41, 5.74) is 1.64. The van der Waals surface area contributed by atoms with Gasteiger partial charge in [0.05, 0.1) is 17.8 Å². The van der Waals surface area contributed by atoms with E-state index in [2.05, 4.69) is 20.0 Å². The standard InChI is InChI=1S/C19H18ClFN4O2/c20-16-8-13(21)5-4-12(16)7-18-23-19(27-24-18)17-9-15(26)11-25(17)10-14-3-1-2-6-22-14/h1-6,8,15,17,26H,7,9-11H2. The summed E-state index contributed by atoms with van der Waals surface area (Å²) in [6, 6.07) is 9.79. The van der Waals surface area contributed by atoms with Gasteiger partial charge in [-0.3, -0.25) is 9.88 Å². The lowest BCUT2D eigenvalue weighted by Crippen LogP contribution is -2.25. The van der Waals surface area contributed by atoms with E-state index in [0.717, 1.165) is 11.3 Å². The van der Waals surface area contributed by atoms with Crippen LogP contribution in [0.3, 0.4) is 0 Å². The third-order valence-corrected chi connectivity index (χ3v) is 4.96. The summed E-state index contributed by atoms with van der Waals surface area (Å²) in [5, 5.41) is 14.5. The Morgan fingerprint density at radius 2 is 2.19 bits per heavy atom. The normalized spacial score (nSPS) is 20.3. The van der Waals surface area contributed by atoms with Crippen molar-refractivity contribution in [2.24, 2.45) is 0 Å². The van der Waals surface area contributed by atoms with Gasteiger partial charge in [0.2, 0.25) is 5.89 Å². The van der Waals surface area contributed by atoms with Crippen molar-refractivity contribution in [3.05, 3.63) is 76.4 Å². The average molecular weight is 389 g/mol. The Labute approximate surface area is 160 Å². The first-order valence-corrected chi connectivity index (χ1v) is 9.04. The Balaban J connectivity index is 1.50. The van der Waals surface area contributed by atoms with E-state index in [-0.39, 0.29) is 11.9 Å². The summed E-state index contributed by atoms with van der Waals surface area (Å²) in [6.45, 7) is 1.10. The number of β-amino-alcohol motifs (C(OH)–C–C–N with tert-alkyl or cyclic N) is 1. The number of hydrogen-bond donors (Lipinski definition) is 1. The van der Waals surface area contributed by atoms with E-state index in [1.807, 2.05) is 18.2 Å². The van der Waals surface area contributed by atoms with Gasteiger partial charge < -0.3 is 9.63 Å². The summed E-state index contributed by atoms with van der Waals surface area (Å²) < 4.78 is 18.6. The zero-order valence-electron chi connectivity index (χ0n) is 14.4. The molecule has 0 aliphatic carbocycles. The van der Waals surface area contributed by atoms with Crippen LogP contribution >= 0.6 is 11.6 Å². The number of halogens is 2. The molecule has 0 spiro atoms. The number of nitrogens with zero attached hydrogens (tertiary/aromatic N) is 4. The minimum Gasteiger partial charge on any atom is -0.392 e. The Morgan fingerprint density at radius 3 is 2.96 bits per heavy atom. The Morgan fingerprint density at radius 1 is 1.30 bits per heavy atom. The highest BCUT2D eigenvalue weighted by Gasteiger charge is 2.36. The van der Waals surface area contributed by atoms with E-state index in [1.165, 1.54) is 12.1 Å². The molecule has 8 heteroatoms. The minimum absolute atomic E-state index is 0.174. The first kappa shape index (κ1) is 18.0. The monoisotopic (exact) mass is 388 g/mol. The van der Waals surface area contributed by atoms with Crippen LogP contribution in [0.5, 0.6) is 0 Å². The maximum Gasteiger partial charge on any atom is 0.244 e. The lowest BCUT2D eigenvalue weighted by atomic mass is 10.1. The second-order valence-corrected chi connectivity index (χ2v) is 7.02. The van der Waals surface area contributed by atoms with Crippen LogP contribution in [0.4, 0.5) is 4.39 Å². The second-order valence-electron chi connectivity index (χ2n) is 6.62. The molecule has 3 heterocycles. The summed E-state index contributed by atoms with van der Waals surface area (Å²) in [5.74, 6) is 0.538. The molecule has 1 aromatic carbocycles. The van der Waals surface area contributed by atoms with Gasteiger partial charge in [-0.15, -0.1) is 0 Å². The summed E-state index contributed by atoms with van der Waals surface area (Å²) in [7, 11) is 0. The fourth-order valence-corrected chi connectivity index (χ4v) is 3.55. The van der Waals surface area contributed by atoms with E-state index in [9.17, 15) is 9.50 Å². The Hall–Kier alpha value is -2.35. The number of aromatic nitrogens is 3. The predicted octanol–water partition coefficient (Wildman–Crippen LogP) is 3.16. The molecule has 2 aromatic heterocycles. The zero-order valence-corrected chi connectivity index (χ0v) is 15.2. The molecule has 6 nitrogen and oxygen atoms in total. The van der Waals surface area contributed by atoms with Gasteiger partial charge >= 0.3 is 0 Å². The van der Waals surface area contributed by atoms with Crippen molar-refractivity contribution in [1.29, 1.82) is 0 Å². The predicted molar refractivity (Wildman–Crippen MR) is 96.5 cm³/mol. The van der Waals surface area contributed by atoms with E-state index in [1.54, 1.807) is 12.3 Å². The number of rotatable bonds is 5. The molecule has 1 saturated heterocycles.